The third-order valence-electron chi connectivity index (χ3n) is 6.08. The van der Waals surface area contributed by atoms with E-state index < -0.39 is 6.03 Å². The summed E-state index contributed by atoms with van der Waals surface area (Å²) in [6.45, 7) is 6.86. The molecule has 0 atom stereocenters. The van der Waals surface area contributed by atoms with E-state index in [2.05, 4.69) is 54.9 Å². The minimum atomic E-state index is -0.391. The molecule has 4 heterocycles. The predicted octanol–water partition coefficient (Wildman–Crippen LogP) is 6.05. The number of hydrogen-bond donors (Lipinski definition) is 2. The van der Waals surface area contributed by atoms with Gasteiger partial charge in [0.05, 0.1) is 17.6 Å². The third-order valence-corrected chi connectivity index (χ3v) is 6.08. The molecule has 0 bridgehead atoms. The average Bonchev–Trinajstić information content (AvgIpc) is 3.51. The van der Waals surface area contributed by atoms with Crippen LogP contribution in [0.5, 0.6) is 0 Å². The van der Waals surface area contributed by atoms with Gasteiger partial charge in [-0.2, -0.15) is 0 Å². The lowest BCUT2D eigenvalue weighted by Crippen LogP contribution is -2.19. The lowest BCUT2D eigenvalue weighted by atomic mass is 9.93. The Morgan fingerprint density at radius 3 is 2.34 bits per heavy atom. The molecule has 0 aliphatic rings. The van der Waals surface area contributed by atoms with E-state index in [1.54, 1.807) is 6.07 Å². The normalized spacial score (nSPS) is 11.7. The van der Waals surface area contributed by atoms with E-state index in [1.165, 1.54) is 0 Å². The van der Waals surface area contributed by atoms with Crippen molar-refractivity contribution >= 4 is 23.2 Å². The summed E-state index contributed by atoms with van der Waals surface area (Å²) < 4.78 is 7.36. The number of carbonyl (C=O) groups excluding carboxylic acids is 1. The van der Waals surface area contributed by atoms with E-state index >= 15 is 0 Å². The van der Waals surface area contributed by atoms with Crippen molar-refractivity contribution in [2.75, 3.05) is 24.7 Å². The molecule has 5 aromatic rings. The minimum absolute atomic E-state index is 0.187. The number of carbonyl (C=O) groups is 1. The van der Waals surface area contributed by atoms with Crippen molar-refractivity contribution in [2.24, 2.45) is 0 Å². The van der Waals surface area contributed by atoms with Crippen LogP contribution in [-0.2, 0) is 12.0 Å². The van der Waals surface area contributed by atoms with E-state index in [-0.39, 0.29) is 5.41 Å². The molecule has 38 heavy (non-hydrogen) atoms. The molecule has 0 aliphatic heterocycles. The van der Waals surface area contributed by atoms with Crippen molar-refractivity contribution in [1.82, 2.24) is 24.4 Å². The predicted molar refractivity (Wildman–Crippen MR) is 149 cm³/mol. The highest BCUT2D eigenvalue weighted by atomic mass is 16.5. The first-order chi connectivity index (χ1) is 18.2. The molecule has 2 amide bonds. The van der Waals surface area contributed by atoms with Gasteiger partial charge in [-0.05, 0) is 50.0 Å². The van der Waals surface area contributed by atoms with Crippen LogP contribution in [0.3, 0.4) is 0 Å². The maximum Gasteiger partial charge on any atom is 0.324 e. The Bertz CT molecular complexity index is 1560. The largest absolute Gasteiger partial charge is 0.359 e. The van der Waals surface area contributed by atoms with Crippen LogP contribution < -0.4 is 10.6 Å². The van der Waals surface area contributed by atoms with Crippen molar-refractivity contribution in [3.05, 3.63) is 84.6 Å². The molecule has 0 unspecified atom stereocenters. The van der Waals surface area contributed by atoms with Gasteiger partial charge in [-0.3, -0.25) is 14.7 Å². The standard InChI is InChI=1S/C29H31N7O2/c1-29(2,3)25-15-26(34-38-25)33-28(37)32-22-9-6-19(7-10-22)24-17-31-27-14-20(12-13-36(24)27)21-8-11-23(30-16-21)18-35(4)5/h6-17H,18H2,1-5H3,(H2,32,33,34,37). The molecular weight excluding hydrogens is 478 g/mol. The Balaban J connectivity index is 1.27. The number of benzene rings is 1. The second-order valence-corrected chi connectivity index (χ2v) is 10.5. The number of aromatic nitrogens is 4. The summed E-state index contributed by atoms with van der Waals surface area (Å²) >= 11 is 0. The monoisotopic (exact) mass is 509 g/mol. The smallest absolute Gasteiger partial charge is 0.324 e. The molecule has 0 saturated heterocycles. The van der Waals surface area contributed by atoms with Gasteiger partial charge >= 0.3 is 6.03 Å². The number of amides is 2. The number of anilines is 2. The van der Waals surface area contributed by atoms with Gasteiger partial charge in [0.2, 0.25) is 0 Å². The summed E-state index contributed by atoms with van der Waals surface area (Å²) in [5.74, 6) is 1.07. The SMILES string of the molecule is CN(C)Cc1ccc(-c2ccn3c(-c4ccc(NC(=O)Nc5cc(C(C)(C)C)on5)cc4)cnc3c2)cn1. The molecule has 5 rings (SSSR count). The molecule has 0 radical (unpaired) electrons. The van der Waals surface area contributed by atoms with Crippen LogP contribution in [-0.4, -0.2) is 44.6 Å². The van der Waals surface area contributed by atoms with Crippen molar-refractivity contribution in [3.63, 3.8) is 0 Å². The Morgan fingerprint density at radius 1 is 0.921 bits per heavy atom. The van der Waals surface area contributed by atoms with Gasteiger partial charge in [0, 0.05) is 47.2 Å². The maximum absolute atomic E-state index is 12.4. The van der Waals surface area contributed by atoms with Gasteiger partial charge in [-0.25, -0.2) is 9.78 Å². The maximum atomic E-state index is 12.4. The number of imidazole rings is 1. The van der Waals surface area contributed by atoms with Crippen molar-refractivity contribution < 1.29 is 9.32 Å². The summed E-state index contributed by atoms with van der Waals surface area (Å²) in [6, 6.07) is 17.2. The fourth-order valence-corrected chi connectivity index (χ4v) is 4.08. The van der Waals surface area contributed by atoms with E-state index in [0.29, 0.717) is 17.3 Å². The summed E-state index contributed by atoms with van der Waals surface area (Å²) in [4.78, 5) is 23.7. The van der Waals surface area contributed by atoms with Crippen molar-refractivity contribution in [2.45, 2.75) is 32.7 Å². The molecule has 1 aromatic carbocycles. The summed E-state index contributed by atoms with van der Waals surface area (Å²) in [5, 5.41) is 9.45. The fraction of sp³-hybridized carbons (Fsp3) is 0.241. The Labute approximate surface area is 221 Å². The number of nitrogens with one attached hydrogen (secondary N) is 2. The first-order valence-electron chi connectivity index (χ1n) is 12.4. The van der Waals surface area contributed by atoms with Crippen LogP contribution in [0.4, 0.5) is 16.3 Å². The van der Waals surface area contributed by atoms with Gasteiger partial charge in [-0.1, -0.05) is 44.1 Å². The Hall–Kier alpha value is -4.50. The summed E-state index contributed by atoms with van der Waals surface area (Å²) in [6.07, 6.45) is 5.77. The summed E-state index contributed by atoms with van der Waals surface area (Å²) in [7, 11) is 4.06. The molecule has 9 nitrogen and oxygen atoms in total. The Kier molecular flexibility index (Phi) is 6.69. The molecule has 0 fully saturated rings. The van der Waals surface area contributed by atoms with E-state index in [0.717, 1.165) is 40.3 Å². The average molecular weight is 510 g/mol. The lowest BCUT2D eigenvalue weighted by molar-refractivity contribution is 0.262. The van der Waals surface area contributed by atoms with E-state index in [4.69, 9.17) is 4.52 Å². The highest BCUT2D eigenvalue weighted by Gasteiger charge is 2.20. The second-order valence-electron chi connectivity index (χ2n) is 10.5. The van der Waals surface area contributed by atoms with Crippen LogP contribution in [0.1, 0.15) is 32.2 Å². The molecule has 2 N–H and O–H groups in total. The topological polar surface area (TPSA) is 101 Å². The number of urea groups is 1. The number of hydrogen-bond acceptors (Lipinski definition) is 6. The first-order valence-corrected chi connectivity index (χ1v) is 12.4. The molecule has 0 aliphatic carbocycles. The highest BCUT2D eigenvalue weighted by molar-refractivity contribution is 5.99. The van der Waals surface area contributed by atoms with E-state index in [1.807, 2.05) is 82.1 Å². The summed E-state index contributed by atoms with van der Waals surface area (Å²) in [5.41, 5.74) is 6.40. The van der Waals surface area contributed by atoms with Crippen molar-refractivity contribution in [1.29, 1.82) is 0 Å². The number of pyridine rings is 2. The lowest BCUT2D eigenvalue weighted by Gasteiger charge is -2.12. The zero-order chi connectivity index (χ0) is 26.9. The molecular formula is C29H31N7O2. The second kappa shape index (κ2) is 10.1. The Morgan fingerprint density at radius 2 is 1.68 bits per heavy atom. The van der Waals surface area contributed by atoms with E-state index in [9.17, 15) is 4.79 Å². The van der Waals surface area contributed by atoms with Crippen LogP contribution in [0.25, 0.3) is 28.0 Å². The number of nitrogens with zero attached hydrogens (tertiary/aromatic N) is 5. The molecule has 4 aromatic heterocycles. The van der Waals surface area contributed by atoms with Crippen LogP contribution in [0.2, 0.25) is 0 Å². The van der Waals surface area contributed by atoms with Gasteiger partial charge in [0.25, 0.3) is 0 Å². The van der Waals surface area contributed by atoms with Crippen LogP contribution in [0, 0.1) is 0 Å². The van der Waals surface area contributed by atoms with Crippen LogP contribution >= 0.6 is 0 Å². The van der Waals surface area contributed by atoms with Gasteiger partial charge in [-0.15, -0.1) is 0 Å². The van der Waals surface area contributed by atoms with Gasteiger partial charge in [0.15, 0.2) is 5.82 Å². The number of fused-ring (bicyclic) bond motifs is 1. The van der Waals surface area contributed by atoms with Gasteiger partial charge < -0.3 is 14.7 Å². The van der Waals surface area contributed by atoms with Crippen molar-refractivity contribution in [3.8, 4) is 22.4 Å². The van der Waals surface area contributed by atoms with Crippen LogP contribution in [0.15, 0.2) is 77.7 Å². The highest BCUT2D eigenvalue weighted by Crippen LogP contribution is 2.27. The fourth-order valence-electron chi connectivity index (χ4n) is 4.08. The minimum Gasteiger partial charge on any atom is -0.359 e. The molecule has 9 heteroatoms. The van der Waals surface area contributed by atoms with Gasteiger partial charge in [0.1, 0.15) is 11.4 Å². The number of rotatable bonds is 6. The zero-order valence-corrected chi connectivity index (χ0v) is 22.2. The first kappa shape index (κ1) is 25.2. The third kappa shape index (κ3) is 5.57. The molecule has 0 spiro atoms. The molecule has 194 valence electrons. The molecule has 0 saturated carbocycles. The zero-order valence-electron chi connectivity index (χ0n) is 22.2. The quantitative estimate of drug-likeness (QED) is 0.289.